The Balaban J connectivity index is 2.50. The molecule has 0 spiro atoms. The minimum absolute atomic E-state index is 0.262. The Morgan fingerprint density at radius 2 is 1.94 bits per heavy atom. The lowest BCUT2D eigenvalue weighted by Gasteiger charge is -2.25. The quantitative estimate of drug-likeness (QED) is 0.860. The molecule has 0 bridgehead atoms. The van der Waals surface area contributed by atoms with Crippen LogP contribution in [0.3, 0.4) is 0 Å². The molecule has 0 aliphatic heterocycles. The van der Waals surface area contributed by atoms with Crippen LogP contribution < -0.4 is 9.22 Å². The van der Waals surface area contributed by atoms with Gasteiger partial charge in [0.15, 0.2) is 0 Å². The fourth-order valence-electron chi connectivity index (χ4n) is 1.74. The van der Waals surface area contributed by atoms with E-state index in [0.29, 0.717) is 11.4 Å². The highest BCUT2D eigenvalue weighted by Gasteiger charge is 2.38. The zero-order chi connectivity index (χ0) is 13.2. The van der Waals surface area contributed by atoms with Gasteiger partial charge >= 0.3 is 6.09 Å². The van der Waals surface area contributed by atoms with Crippen LogP contribution in [0.5, 0.6) is 5.75 Å². The van der Waals surface area contributed by atoms with E-state index in [1.54, 1.807) is 38.4 Å². The minimum atomic E-state index is -0.914. The van der Waals surface area contributed by atoms with Crippen molar-refractivity contribution < 1.29 is 14.6 Å². The summed E-state index contributed by atoms with van der Waals surface area (Å²) in [6.07, 6.45) is -0.914. The number of carboxylic acid groups (broad SMARTS) is 1. The standard InChI is InChI=1S/C13H13NO3S/c1-14(13(15)16,12-4-3-9-18-12)10-5-7-11(17-2)8-6-10/h3-9H,1-2H3/p+1. The predicted octanol–water partition coefficient (Wildman–Crippen LogP) is 3.70. The van der Waals surface area contributed by atoms with Crippen molar-refractivity contribution in [1.29, 1.82) is 0 Å². The maximum absolute atomic E-state index is 11.6. The van der Waals surface area contributed by atoms with E-state index in [0.717, 1.165) is 5.00 Å². The van der Waals surface area contributed by atoms with Crippen LogP contribution in [0.25, 0.3) is 0 Å². The Labute approximate surface area is 109 Å². The molecule has 0 radical (unpaired) electrons. The van der Waals surface area contributed by atoms with Crippen molar-refractivity contribution in [3.63, 3.8) is 0 Å². The van der Waals surface area contributed by atoms with Crippen molar-refractivity contribution in [3.05, 3.63) is 41.8 Å². The Morgan fingerprint density at radius 3 is 2.39 bits per heavy atom. The average molecular weight is 264 g/mol. The fraction of sp³-hybridized carbons (Fsp3) is 0.154. The zero-order valence-electron chi connectivity index (χ0n) is 10.2. The summed E-state index contributed by atoms with van der Waals surface area (Å²) in [5.74, 6) is 0.710. The first-order chi connectivity index (χ1) is 8.59. The predicted molar refractivity (Wildman–Crippen MR) is 72.7 cm³/mol. The molecule has 1 aromatic carbocycles. The number of hydrogen-bond donors (Lipinski definition) is 1. The van der Waals surface area contributed by atoms with Crippen LogP contribution in [0.1, 0.15) is 0 Å². The van der Waals surface area contributed by atoms with Crippen LogP contribution in [0, 0.1) is 0 Å². The number of carbonyl (C=O) groups is 1. The number of thiophene rings is 1. The number of methoxy groups -OCH3 is 1. The summed E-state index contributed by atoms with van der Waals surface area (Å²) >= 11 is 1.42. The topological polar surface area (TPSA) is 46.5 Å². The Hall–Kier alpha value is -1.85. The van der Waals surface area contributed by atoms with Crippen molar-refractivity contribution in [2.75, 3.05) is 14.2 Å². The van der Waals surface area contributed by atoms with E-state index in [1.807, 2.05) is 17.5 Å². The third-order valence-electron chi connectivity index (χ3n) is 2.92. The lowest BCUT2D eigenvalue weighted by atomic mass is 10.2. The second kappa shape index (κ2) is 4.80. The van der Waals surface area contributed by atoms with Crippen molar-refractivity contribution in [2.45, 2.75) is 0 Å². The molecule has 2 rings (SSSR count). The maximum Gasteiger partial charge on any atom is 0.524 e. The molecule has 1 heterocycles. The third-order valence-corrected chi connectivity index (χ3v) is 3.95. The SMILES string of the molecule is COc1ccc([N+](C)(C(=O)O)c2cccs2)cc1. The monoisotopic (exact) mass is 264 g/mol. The molecule has 1 aromatic heterocycles. The fourth-order valence-corrected chi connectivity index (χ4v) is 2.58. The van der Waals surface area contributed by atoms with Gasteiger partial charge < -0.3 is 9.84 Å². The molecule has 0 aliphatic rings. The molecular weight excluding hydrogens is 250 g/mol. The molecule has 0 saturated heterocycles. The van der Waals surface area contributed by atoms with Crippen LogP contribution in [0.4, 0.5) is 15.5 Å². The molecule has 4 nitrogen and oxygen atoms in total. The molecule has 0 fully saturated rings. The van der Waals surface area contributed by atoms with Gasteiger partial charge in [-0.3, -0.25) is 0 Å². The minimum Gasteiger partial charge on any atom is -0.497 e. The van der Waals surface area contributed by atoms with E-state index in [1.165, 1.54) is 11.3 Å². The van der Waals surface area contributed by atoms with Gasteiger partial charge in [0.05, 0.1) is 14.2 Å². The second-order valence-corrected chi connectivity index (χ2v) is 4.86. The first-order valence-corrected chi connectivity index (χ1v) is 6.25. The van der Waals surface area contributed by atoms with E-state index in [2.05, 4.69) is 0 Å². The molecule has 0 aliphatic carbocycles. The van der Waals surface area contributed by atoms with Crippen LogP contribution in [-0.4, -0.2) is 25.4 Å². The number of rotatable bonds is 3. The lowest BCUT2D eigenvalue weighted by Crippen LogP contribution is -2.44. The van der Waals surface area contributed by atoms with Gasteiger partial charge in [-0.1, -0.05) is 11.3 Å². The number of benzene rings is 1. The second-order valence-electron chi connectivity index (χ2n) is 3.94. The summed E-state index contributed by atoms with van der Waals surface area (Å²) in [5.41, 5.74) is 0.686. The summed E-state index contributed by atoms with van der Waals surface area (Å²) in [6, 6.07) is 10.7. The van der Waals surface area contributed by atoms with Crippen LogP contribution in [0.2, 0.25) is 0 Å². The molecular formula is C13H14NO3S+. The third kappa shape index (κ3) is 1.98. The van der Waals surface area contributed by atoms with Crippen molar-refractivity contribution in [1.82, 2.24) is 4.48 Å². The first-order valence-electron chi connectivity index (χ1n) is 5.37. The van der Waals surface area contributed by atoms with Crippen molar-refractivity contribution in [3.8, 4) is 5.75 Å². The summed E-state index contributed by atoms with van der Waals surface area (Å²) in [6.45, 7) is 0. The van der Waals surface area contributed by atoms with Gasteiger partial charge in [0, 0.05) is 18.2 Å². The Kier molecular flexibility index (Phi) is 3.36. The first kappa shape index (κ1) is 12.6. The summed E-state index contributed by atoms with van der Waals surface area (Å²) < 4.78 is 4.82. The van der Waals surface area contributed by atoms with E-state index in [4.69, 9.17) is 4.74 Å². The van der Waals surface area contributed by atoms with Gasteiger partial charge in [0.25, 0.3) is 0 Å². The van der Waals surface area contributed by atoms with Gasteiger partial charge in [0.1, 0.15) is 11.4 Å². The van der Waals surface area contributed by atoms with E-state index < -0.39 is 6.09 Å². The molecule has 2 aromatic rings. The van der Waals surface area contributed by atoms with Crippen molar-refractivity contribution >= 4 is 28.1 Å². The largest absolute Gasteiger partial charge is 0.524 e. The molecule has 0 saturated carbocycles. The smallest absolute Gasteiger partial charge is 0.497 e. The van der Waals surface area contributed by atoms with E-state index >= 15 is 0 Å². The molecule has 1 N–H and O–H groups in total. The average Bonchev–Trinajstić information content (AvgIpc) is 2.92. The van der Waals surface area contributed by atoms with Gasteiger partial charge in [-0.25, -0.2) is 0 Å². The molecule has 1 amide bonds. The van der Waals surface area contributed by atoms with Crippen LogP contribution >= 0.6 is 11.3 Å². The molecule has 1 unspecified atom stereocenters. The Bertz CT molecular complexity index is 536. The van der Waals surface area contributed by atoms with E-state index in [9.17, 15) is 9.90 Å². The highest BCUT2D eigenvalue weighted by atomic mass is 32.1. The number of amides is 1. The van der Waals surface area contributed by atoms with Gasteiger partial charge in [-0.15, -0.1) is 0 Å². The summed E-state index contributed by atoms with van der Waals surface area (Å²) in [7, 11) is 3.25. The van der Waals surface area contributed by atoms with Gasteiger partial charge in [-0.05, 0) is 23.6 Å². The number of nitrogens with zero attached hydrogens (tertiary/aromatic N) is 1. The van der Waals surface area contributed by atoms with Crippen molar-refractivity contribution in [2.24, 2.45) is 0 Å². The molecule has 94 valence electrons. The lowest BCUT2D eigenvalue weighted by molar-refractivity contribution is 0.173. The van der Waals surface area contributed by atoms with Gasteiger partial charge in [-0.2, -0.15) is 9.28 Å². The molecule has 1 atom stereocenters. The van der Waals surface area contributed by atoms with Gasteiger partial charge in [0.2, 0.25) is 5.00 Å². The normalized spacial score (nSPS) is 13.9. The highest BCUT2D eigenvalue weighted by molar-refractivity contribution is 7.14. The molecule has 5 heteroatoms. The van der Waals surface area contributed by atoms with Crippen LogP contribution in [0.15, 0.2) is 41.8 Å². The number of ether oxygens (including phenoxy) is 1. The van der Waals surface area contributed by atoms with Crippen LogP contribution in [-0.2, 0) is 0 Å². The maximum atomic E-state index is 11.6. The Morgan fingerprint density at radius 1 is 1.28 bits per heavy atom. The highest BCUT2D eigenvalue weighted by Crippen LogP contribution is 2.37. The number of quaternary nitrogens is 1. The zero-order valence-corrected chi connectivity index (χ0v) is 11.0. The molecule has 18 heavy (non-hydrogen) atoms. The number of hydrogen-bond acceptors (Lipinski definition) is 3. The summed E-state index contributed by atoms with van der Waals surface area (Å²) in [5, 5.41) is 12.2. The van der Waals surface area contributed by atoms with E-state index in [-0.39, 0.29) is 4.48 Å². The summed E-state index contributed by atoms with van der Waals surface area (Å²) in [4.78, 5) is 11.6.